The largest absolute Gasteiger partial charge is 0.366 e. The molecule has 0 spiro atoms. The lowest BCUT2D eigenvalue weighted by Gasteiger charge is -2.09. The van der Waals surface area contributed by atoms with E-state index in [1.54, 1.807) is 6.07 Å². The van der Waals surface area contributed by atoms with Crippen LogP contribution in [-0.2, 0) is 6.54 Å². The molecule has 0 saturated carbocycles. The summed E-state index contributed by atoms with van der Waals surface area (Å²) in [7, 11) is 0. The van der Waals surface area contributed by atoms with Gasteiger partial charge in [0.1, 0.15) is 18.0 Å². The van der Waals surface area contributed by atoms with E-state index < -0.39 is 11.6 Å². The van der Waals surface area contributed by atoms with Crippen LogP contribution in [0.4, 0.5) is 26.1 Å². The SMILES string of the molecule is Fc1ccc(Nc2cc(NCc3ccc(Cl)cc3)ncn2)cc1F. The molecule has 2 aromatic carbocycles. The number of nitrogens with one attached hydrogen (secondary N) is 2. The summed E-state index contributed by atoms with van der Waals surface area (Å²) in [5.74, 6) is -0.747. The van der Waals surface area contributed by atoms with Crippen molar-refractivity contribution < 1.29 is 8.78 Å². The predicted octanol–water partition coefficient (Wildman–Crippen LogP) is 4.76. The van der Waals surface area contributed by atoms with Crippen molar-refractivity contribution in [3.05, 3.63) is 77.1 Å². The molecule has 0 amide bonds. The van der Waals surface area contributed by atoms with Crippen molar-refractivity contribution in [2.75, 3.05) is 10.6 Å². The highest BCUT2D eigenvalue weighted by molar-refractivity contribution is 6.30. The third-order valence-electron chi connectivity index (χ3n) is 3.25. The van der Waals surface area contributed by atoms with E-state index in [0.717, 1.165) is 17.7 Å². The zero-order chi connectivity index (χ0) is 16.9. The molecule has 122 valence electrons. The molecule has 0 atom stereocenters. The van der Waals surface area contributed by atoms with E-state index in [0.29, 0.717) is 28.9 Å². The van der Waals surface area contributed by atoms with Crippen molar-refractivity contribution >= 4 is 28.9 Å². The Morgan fingerprint density at radius 1 is 0.875 bits per heavy atom. The molecule has 0 aliphatic carbocycles. The van der Waals surface area contributed by atoms with Gasteiger partial charge in [-0.2, -0.15) is 0 Å². The van der Waals surface area contributed by atoms with Crippen LogP contribution in [0.1, 0.15) is 5.56 Å². The Kier molecular flexibility index (Phi) is 4.86. The molecule has 7 heteroatoms. The van der Waals surface area contributed by atoms with Crippen LogP contribution in [0.3, 0.4) is 0 Å². The molecule has 0 radical (unpaired) electrons. The van der Waals surface area contributed by atoms with Crippen molar-refractivity contribution in [1.82, 2.24) is 9.97 Å². The van der Waals surface area contributed by atoms with E-state index in [1.807, 2.05) is 24.3 Å². The summed E-state index contributed by atoms with van der Waals surface area (Å²) in [6.45, 7) is 0.568. The molecule has 1 heterocycles. The summed E-state index contributed by atoms with van der Waals surface area (Å²) in [5, 5.41) is 6.74. The maximum Gasteiger partial charge on any atom is 0.160 e. The zero-order valence-electron chi connectivity index (χ0n) is 12.4. The van der Waals surface area contributed by atoms with Gasteiger partial charge in [0.15, 0.2) is 11.6 Å². The molecule has 24 heavy (non-hydrogen) atoms. The van der Waals surface area contributed by atoms with E-state index in [4.69, 9.17) is 11.6 Å². The Morgan fingerprint density at radius 3 is 2.38 bits per heavy atom. The van der Waals surface area contributed by atoms with Gasteiger partial charge in [-0.15, -0.1) is 0 Å². The number of hydrogen-bond acceptors (Lipinski definition) is 4. The third kappa shape index (κ3) is 4.17. The molecule has 1 aromatic heterocycles. The summed E-state index contributed by atoms with van der Waals surface area (Å²) in [5.41, 5.74) is 1.45. The summed E-state index contributed by atoms with van der Waals surface area (Å²) in [6, 6.07) is 12.7. The van der Waals surface area contributed by atoms with Gasteiger partial charge < -0.3 is 10.6 Å². The molecule has 0 saturated heterocycles. The van der Waals surface area contributed by atoms with Crippen LogP contribution in [-0.4, -0.2) is 9.97 Å². The molecule has 3 aromatic rings. The number of anilines is 3. The summed E-state index contributed by atoms with van der Waals surface area (Å²) in [4.78, 5) is 8.18. The molecule has 0 unspecified atom stereocenters. The van der Waals surface area contributed by atoms with Gasteiger partial charge in [0, 0.05) is 29.4 Å². The average Bonchev–Trinajstić information content (AvgIpc) is 2.58. The van der Waals surface area contributed by atoms with Crippen LogP contribution in [0.5, 0.6) is 0 Å². The minimum atomic E-state index is -0.921. The van der Waals surface area contributed by atoms with Gasteiger partial charge in [-0.3, -0.25) is 0 Å². The number of aromatic nitrogens is 2. The number of nitrogens with zero attached hydrogens (tertiary/aromatic N) is 2. The first-order valence-corrected chi connectivity index (χ1v) is 7.50. The van der Waals surface area contributed by atoms with E-state index in [2.05, 4.69) is 20.6 Å². The maximum atomic E-state index is 13.2. The van der Waals surface area contributed by atoms with Crippen LogP contribution in [0.2, 0.25) is 5.02 Å². The van der Waals surface area contributed by atoms with Crippen LogP contribution < -0.4 is 10.6 Å². The highest BCUT2D eigenvalue weighted by atomic mass is 35.5. The second-order valence-electron chi connectivity index (χ2n) is 5.02. The normalized spacial score (nSPS) is 10.5. The zero-order valence-corrected chi connectivity index (χ0v) is 13.2. The second-order valence-corrected chi connectivity index (χ2v) is 5.46. The maximum absolute atomic E-state index is 13.2. The van der Waals surface area contributed by atoms with Crippen molar-refractivity contribution in [2.45, 2.75) is 6.54 Å². The van der Waals surface area contributed by atoms with Crippen molar-refractivity contribution in [3.63, 3.8) is 0 Å². The van der Waals surface area contributed by atoms with Gasteiger partial charge in [-0.25, -0.2) is 18.7 Å². The van der Waals surface area contributed by atoms with Crippen molar-refractivity contribution in [1.29, 1.82) is 0 Å². The predicted molar refractivity (Wildman–Crippen MR) is 90.5 cm³/mol. The Hall–Kier alpha value is -2.73. The summed E-state index contributed by atoms with van der Waals surface area (Å²) in [6.07, 6.45) is 1.38. The van der Waals surface area contributed by atoms with Crippen LogP contribution in [0.25, 0.3) is 0 Å². The topological polar surface area (TPSA) is 49.8 Å². The highest BCUT2D eigenvalue weighted by Crippen LogP contribution is 2.19. The smallest absolute Gasteiger partial charge is 0.160 e. The fourth-order valence-electron chi connectivity index (χ4n) is 2.04. The molecule has 3 rings (SSSR count). The molecular weight excluding hydrogens is 334 g/mol. The second kappa shape index (κ2) is 7.23. The summed E-state index contributed by atoms with van der Waals surface area (Å²) < 4.78 is 26.2. The Morgan fingerprint density at radius 2 is 1.62 bits per heavy atom. The van der Waals surface area contributed by atoms with E-state index in [1.165, 1.54) is 12.4 Å². The third-order valence-corrected chi connectivity index (χ3v) is 3.50. The quantitative estimate of drug-likeness (QED) is 0.699. The van der Waals surface area contributed by atoms with Crippen molar-refractivity contribution in [3.8, 4) is 0 Å². The van der Waals surface area contributed by atoms with Crippen molar-refractivity contribution in [2.24, 2.45) is 0 Å². The lowest BCUT2D eigenvalue weighted by Crippen LogP contribution is -2.03. The monoisotopic (exact) mass is 346 g/mol. The van der Waals surface area contributed by atoms with Gasteiger partial charge in [0.05, 0.1) is 0 Å². The van der Waals surface area contributed by atoms with E-state index in [9.17, 15) is 8.78 Å². The van der Waals surface area contributed by atoms with E-state index >= 15 is 0 Å². The molecule has 2 N–H and O–H groups in total. The lowest BCUT2D eigenvalue weighted by molar-refractivity contribution is 0.509. The Balaban J connectivity index is 1.67. The number of rotatable bonds is 5. The van der Waals surface area contributed by atoms with Gasteiger partial charge in [-0.05, 0) is 29.8 Å². The number of hydrogen-bond donors (Lipinski definition) is 2. The van der Waals surface area contributed by atoms with Crippen LogP contribution in [0.15, 0.2) is 54.9 Å². The van der Waals surface area contributed by atoms with Gasteiger partial charge in [0.2, 0.25) is 0 Å². The molecule has 0 bridgehead atoms. The molecular formula is C17H13ClF2N4. The van der Waals surface area contributed by atoms with Gasteiger partial charge >= 0.3 is 0 Å². The fourth-order valence-corrected chi connectivity index (χ4v) is 2.16. The van der Waals surface area contributed by atoms with Gasteiger partial charge in [0.25, 0.3) is 0 Å². The highest BCUT2D eigenvalue weighted by Gasteiger charge is 2.04. The standard InChI is InChI=1S/C17H13ClF2N4/c18-12-3-1-11(2-4-12)9-21-16-8-17(23-10-22-16)24-13-5-6-14(19)15(20)7-13/h1-8,10H,9H2,(H2,21,22,23,24). The minimum Gasteiger partial charge on any atom is -0.366 e. The Bertz CT molecular complexity index is 840. The minimum absolute atomic E-state index is 0.399. The molecule has 0 fully saturated rings. The first-order chi connectivity index (χ1) is 11.6. The first-order valence-electron chi connectivity index (χ1n) is 7.12. The van der Waals surface area contributed by atoms with Crippen LogP contribution in [0, 0.1) is 11.6 Å². The van der Waals surface area contributed by atoms with E-state index in [-0.39, 0.29) is 0 Å². The molecule has 0 aliphatic rings. The van der Waals surface area contributed by atoms with Gasteiger partial charge in [-0.1, -0.05) is 23.7 Å². The summed E-state index contributed by atoms with van der Waals surface area (Å²) >= 11 is 5.85. The molecule has 4 nitrogen and oxygen atoms in total. The number of benzene rings is 2. The lowest BCUT2D eigenvalue weighted by atomic mass is 10.2. The first kappa shape index (κ1) is 16.1. The Labute approximate surface area is 142 Å². The molecule has 0 aliphatic heterocycles. The number of halogens is 3. The van der Waals surface area contributed by atoms with Crippen LogP contribution >= 0.6 is 11.6 Å². The fraction of sp³-hybridized carbons (Fsp3) is 0.0588. The average molecular weight is 347 g/mol.